The molecule has 0 saturated carbocycles. The Kier molecular flexibility index (Phi) is 11.0. The van der Waals surface area contributed by atoms with Gasteiger partial charge in [-0.2, -0.15) is 5.26 Å². The summed E-state index contributed by atoms with van der Waals surface area (Å²) < 4.78 is 11.5. The first kappa shape index (κ1) is 35.3. The van der Waals surface area contributed by atoms with Crippen LogP contribution in [-0.2, 0) is 22.4 Å². The number of ether oxygens (including phenoxy) is 1. The summed E-state index contributed by atoms with van der Waals surface area (Å²) >= 11 is 2.88. The quantitative estimate of drug-likeness (QED) is 0.0922. The fraction of sp³-hybridized carbons (Fsp3) is 0.200. The van der Waals surface area contributed by atoms with Crippen LogP contribution in [-0.4, -0.2) is 30.1 Å². The Morgan fingerprint density at radius 1 is 1.00 bits per heavy atom. The summed E-state index contributed by atoms with van der Waals surface area (Å²) in [5.41, 5.74) is 3.28. The number of hydrogen-bond acceptors (Lipinski definition) is 8. The lowest BCUT2D eigenvalue weighted by Crippen LogP contribution is -2.30. The lowest BCUT2D eigenvalue weighted by atomic mass is 9.89. The summed E-state index contributed by atoms with van der Waals surface area (Å²) in [6, 6.07) is 28.9. The number of carbonyl (C=O) groups excluding carboxylic acids is 3. The summed E-state index contributed by atoms with van der Waals surface area (Å²) in [6.07, 6.45) is 4.32. The van der Waals surface area contributed by atoms with E-state index in [4.69, 9.17) is 9.15 Å². The van der Waals surface area contributed by atoms with Crippen LogP contribution in [0.2, 0.25) is 0 Å². The average molecular weight is 717 g/mol. The van der Waals surface area contributed by atoms with Crippen molar-refractivity contribution >= 4 is 57.6 Å². The van der Waals surface area contributed by atoms with E-state index >= 15 is 0 Å². The maximum atomic E-state index is 13.6. The number of fused-ring (bicyclic) bond motifs is 1. The van der Waals surface area contributed by atoms with Gasteiger partial charge in [0.05, 0.1) is 23.5 Å². The van der Waals surface area contributed by atoms with E-state index in [1.54, 1.807) is 61.7 Å². The molecule has 6 rings (SSSR count). The molecule has 5 aromatic rings. The monoisotopic (exact) mass is 716 g/mol. The van der Waals surface area contributed by atoms with Crippen LogP contribution in [0.1, 0.15) is 52.4 Å². The number of para-hydroxylation sites is 1. The summed E-state index contributed by atoms with van der Waals surface area (Å²) in [5, 5.41) is 18.6. The Balaban J connectivity index is 1.14. The number of benzene rings is 3. The van der Waals surface area contributed by atoms with Crippen molar-refractivity contribution < 1.29 is 23.5 Å². The average Bonchev–Trinajstić information content (AvgIpc) is 3.75. The summed E-state index contributed by atoms with van der Waals surface area (Å²) in [5.74, 6) is 0.912. The van der Waals surface area contributed by atoms with Crippen molar-refractivity contribution in [3.8, 4) is 23.1 Å². The van der Waals surface area contributed by atoms with Gasteiger partial charge < -0.3 is 25.1 Å². The van der Waals surface area contributed by atoms with Gasteiger partial charge in [-0.05, 0) is 98.3 Å². The number of furan rings is 1. The number of rotatable bonds is 11. The second-order valence-electron chi connectivity index (χ2n) is 12.2. The molecule has 258 valence electrons. The largest absolute Gasteiger partial charge is 0.496 e. The molecule has 2 heterocycles. The van der Waals surface area contributed by atoms with Crippen molar-refractivity contribution in [2.24, 2.45) is 5.92 Å². The third kappa shape index (κ3) is 8.43. The molecule has 2 atom stereocenters. The van der Waals surface area contributed by atoms with Gasteiger partial charge in [-0.1, -0.05) is 37.3 Å². The standard InChI is InChI=1S/C40H36N4O5S2/c1-24-13-19-30-32(23-41)40(51-36(30)21-24)44-37(45)25(2)50-29-17-14-27(15-18-29)42-39(47)33(43-38(46)26-9-5-4-6-10-26)22-28-16-20-35(49-28)31-11-7-8-12-34(31)48-3/h4-12,14-18,20,22,24-25H,13,19,21H2,1-3H3,(H,42,47)(H,43,46)(H,44,45)/b33-22-/t24-,25-/m0/s1. The first-order chi connectivity index (χ1) is 24.7. The zero-order chi connectivity index (χ0) is 35.9. The van der Waals surface area contributed by atoms with Gasteiger partial charge in [0, 0.05) is 27.1 Å². The Labute approximate surface area is 304 Å². The third-order valence-corrected chi connectivity index (χ3v) is 10.8. The Morgan fingerprint density at radius 3 is 2.49 bits per heavy atom. The van der Waals surface area contributed by atoms with Crippen LogP contribution in [0.4, 0.5) is 10.7 Å². The molecule has 0 bridgehead atoms. The van der Waals surface area contributed by atoms with Crippen LogP contribution in [0.5, 0.6) is 5.75 Å². The molecule has 3 N–H and O–H groups in total. The van der Waals surface area contributed by atoms with E-state index in [0.29, 0.717) is 45.0 Å². The van der Waals surface area contributed by atoms with Crippen LogP contribution < -0.4 is 20.7 Å². The smallest absolute Gasteiger partial charge is 0.272 e. The number of nitrogens with zero attached hydrogens (tertiary/aromatic N) is 1. The minimum atomic E-state index is -0.552. The van der Waals surface area contributed by atoms with Crippen LogP contribution in [0.3, 0.4) is 0 Å². The van der Waals surface area contributed by atoms with Gasteiger partial charge in [0.1, 0.15) is 34.0 Å². The topological polar surface area (TPSA) is 133 Å². The molecular weight excluding hydrogens is 681 g/mol. The number of anilines is 2. The molecule has 2 aromatic heterocycles. The lowest BCUT2D eigenvalue weighted by molar-refractivity contribution is -0.115. The molecule has 0 spiro atoms. The predicted molar refractivity (Wildman–Crippen MR) is 202 cm³/mol. The second kappa shape index (κ2) is 16.0. The SMILES string of the molecule is COc1ccccc1-c1ccc(/C=C(\NC(=O)c2ccccc2)C(=O)Nc2ccc(S[C@@H](C)C(=O)Nc3sc4c(c3C#N)CC[C@H](C)C4)cc2)o1. The zero-order valence-corrected chi connectivity index (χ0v) is 30.0. The van der Waals surface area contributed by atoms with Crippen molar-refractivity contribution in [2.75, 3.05) is 17.7 Å². The molecule has 11 heteroatoms. The fourth-order valence-electron chi connectivity index (χ4n) is 5.75. The van der Waals surface area contributed by atoms with Crippen molar-refractivity contribution in [3.63, 3.8) is 0 Å². The Morgan fingerprint density at radius 2 is 1.75 bits per heavy atom. The molecule has 51 heavy (non-hydrogen) atoms. The summed E-state index contributed by atoms with van der Waals surface area (Å²) in [7, 11) is 1.58. The van der Waals surface area contributed by atoms with Gasteiger partial charge in [0.2, 0.25) is 5.91 Å². The fourth-order valence-corrected chi connectivity index (χ4v) is 7.98. The number of nitrogens with one attached hydrogen (secondary N) is 3. The number of hydrogen-bond donors (Lipinski definition) is 3. The highest BCUT2D eigenvalue weighted by Crippen LogP contribution is 2.40. The van der Waals surface area contributed by atoms with Gasteiger partial charge in [-0.25, -0.2) is 0 Å². The second-order valence-corrected chi connectivity index (χ2v) is 14.7. The van der Waals surface area contributed by atoms with Crippen LogP contribution in [0, 0.1) is 17.2 Å². The highest BCUT2D eigenvalue weighted by atomic mass is 32.2. The van der Waals surface area contributed by atoms with Crippen molar-refractivity contribution in [2.45, 2.75) is 43.3 Å². The maximum absolute atomic E-state index is 13.6. The Bertz CT molecular complexity index is 2130. The van der Waals surface area contributed by atoms with Crippen LogP contribution >= 0.6 is 23.1 Å². The van der Waals surface area contributed by atoms with E-state index < -0.39 is 17.1 Å². The van der Waals surface area contributed by atoms with Crippen molar-refractivity contribution in [1.29, 1.82) is 5.26 Å². The molecule has 3 aromatic carbocycles. The van der Waals surface area contributed by atoms with Crippen molar-refractivity contribution in [1.82, 2.24) is 5.32 Å². The molecule has 3 amide bonds. The number of carbonyl (C=O) groups is 3. The first-order valence-corrected chi connectivity index (χ1v) is 18.2. The molecule has 1 aliphatic rings. The van der Waals surface area contributed by atoms with Gasteiger partial charge in [0.25, 0.3) is 11.8 Å². The molecule has 0 aliphatic heterocycles. The van der Waals surface area contributed by atoms with E-state index in [2.05, 4.69) is 28.9 Å². The number of methoxy groups -OCH3 is 1. The summed E-state index contributed by atoms with van der Waals surface area (Å²) in [4.78, 5) is 41.9. The Hall–Kier alpha value is -5.57. The van der Waals surface area contributed by atoms with Crippen molar-refractivity contribution in [3.05, 3.63) is 124 Å². The predicted octanol–water partition coefficient (Wildman–Crippen LogP) is 8.54. The minimum absolute atomic E-state index is 0.0185. The van der Waals surface area contributed by atoms with E-state index in [0.717, 1.165) is 35.3 Å². The molecular formula is C40H36N4O5S2. The van der Waals surface area contributed by atoms with E-state index in [1.807, 2.05) is 43.3 Å². The molecule has 0 radical (unpaired) electrons. The zero-order valence-electron chi connectivity index (χ0n) is 28.3. The molecule has 9 nitrogen and oxygen atoms in total. The molecule has 0 fully saturated rings. The highest BCUT2D eigenvalue weighted by molar-refractivity contribution is 8.00. The number of amides is 3. The third-order valence-electron chi connectivity index (χ3n) is 8.47. The number of nitriles is 1. The van der Waals surface area contributed by atoms with Gasteiger partial charge in [-0.15, -0.1) is 23.1 Å². The first-order valence-electron chi connectivity index (χ1n) is 16.5. The number of thioether (sulfide) groups is 1. The maximum Gasteiger partial charge on any atom is 0.272 e. The highest BCUT2D eigenvalue weighted by Gasteiger charge is 2.26. The minimum Gasteiger partial charge on any atom is -0.496 e. The summed E-state index contributed by atoms with van der Waals surface area (Å²) in [6.45, 7) is 4.03. The van der Waals surface area contributed by atoms with Gasteiger partial charge >= 0.3 is 0 Å². The molecule has 0 saturated heterocycles. The van der Waals surface area contributed by atoms with E-state index in [9.17, 15) is 19.6 Å². The molecule has 0 unspecified atom stereocenters. The van der Waals surface area contributed by atoms with E-state index in [1.165, 1.54) is 34.1 Å². The van der Waals surface area contributed by atoms with Crippen LogP contribution in [0.15, 0.2) is 106 Å². The normalized spacial score (nSPS) is 14.5. The van der Waals surface area contributed by atoms with Gasteiger partial charge in [-0.3, -0.25) is 14.4 Å². The molecule has 1 aliphatic carbocycles. The van der Waals surface area contributed by atoms with E-state index in [-0.39, 0.29) is 11.6 Å². The van der Waals surface area contributed by atoms with Gasteiger partial charge in [0.15, 0.2) is 0 Å². The van der Waals surface area contributed by atoms with Crippen LogP contribution in [0.25, 0.3) is 17.4 Å². The lowest BCUT2D eigenvalue weighted by Gasteiger charge is -2.17. The number of thiophene rings is 1.